The van der Waals surface area contributed by atoms with Crippen LogP contribution in [0.4, 0.5) is 0 Å². The molecule has 0 aromatic heterocycles. The highest BCUT2D eigenvalue weighted by atomic mass is 32.2. The first kappa shape index (κ1) is 21.0. The maximum Gasteiger partial charge on any atom is 0.137 e. The quantitative estimate of drug-likeness (QED) is 0.573. The highest BCUT2D eigenvalue weighted by Crippen LogP contribution is 2.33. The molecule has 0 aliphatic heterocycles. The summed E-state index contributed by atoms with van der Waals surface area (Å²) in [4.78, 5) is 0.590. The Kier molecular flexibility index (Phi) is 6.31. The van der Waals surface area contributed by atoms with Crippen molar-refractivity contribution in [3.63, 3.8) is 0 Å². The predicted octanol–water partition coefficient (Wildman–Crippen LogP) is 5.14. The van der Waals surface area contributed by atoms with Crippen LogP contribution in [0.3, 0.4) is 0 Å². The SMILES string of the molecule is CN=S(=O)(NCCC=C1c2ccccc2CCc2ccccc21)c1ccc(C#N)cc1. The number of hydrogen-bond acceptors (Lipinski definition) is 3. The van der Waals surface area contributed by atoms with E-state index in [0.29, 0.717) is 17.0 Å². The molecule has 0 fully saturated rings. The number of fused-ring (bicyclic) bond motifs is 2. The van der Waals surface area contributed by atoms with Gasteiger partial charge in [0.05, 0.1) is 16.5 Å². The van der Waals surface area contributed by atoms with Gasteiger partial charge in [-0.3, -0.25) is 0 Å². The molecule has 1 aliphatic rings. The van der Waals surface area contributed by atoms with E-state index in [4.69, 9.17) is 5.26 Å². The van der Waals surface area contributed by atoms with Crippen LogP contribution in [-0.4, -0.2) is 17.8 Å². The zero-order valence-electron chi connectivity index (χ0n) is 17.5. The van der Waals surface area contributed by atoms with E-state index in [2.05, 4.69) is 69.8 Å². The van der Waals surface area contributed by atoms with Gasteiger partial charge in [-0.05, 0) is 71.4 Å². The number of nitrogens with zero attached hydrogens (tertiary/aromatic N) is 2. The molecule has 0 radical (unpaired) electrons. The van der Waals surface area contributed by atoms with E-state index in [1.807, 2.05) is 0 Å². The van der Waals surface area contributed by atoms with Crippen LogP contribution in [0, 0.1) is 11.3 Å². The number of hydrogen-bond donors (Lipinski definition) is 1. The van der Waals surface area contributed by atoms with Gasteiger partial charge in [-0.25, -0.2) is 13.3 Å². The second-order valence-electron chi connectivity index (χ2n) is 7.46. The van der Waals surface area contributed by atoms with Crippen molar-refractivity contribution in [3.05, 3.63) is 107 Å². The minimum atomic E-state index is -2.73. The van der Waals surface area contributed by atoms with Gasteiger partial charge in [-0.2, -0.15) is 5.26 Å². The molecule has 1 atom stereocenters. The molecule has 4 nitrogen and oxygen atoms in total. The third-order valence-electron chi connectivity index (χ3n) is 5.63. The number of rotatable bonds is 5. The molecule has 3 aromatic rings. The molecule has 31 heavy (non-hydrogen) atoms. The van der Waals surface area contributed by atoms with Gasteiger partial charge >= 0.3 is 0 Å². The molecule has 5 heteroatoms. The normalized spacial score (nSPS) is 14.4. The Balaban J connectivity index is 1.57. The number of aryl methyl sites for hydroxylation is 2. The predicted molar refractivity (Wildman–Crippen MR) is 126 cm³/mol. The maximum atomic E-state index is 13.3. The first-order valence-corrected chi connectivity index (χ1v) is 11.9. The molecule has 0 bridgehead atoms. The highest BCUT2D eigenvalue weighted by molar-refractivity contribution is 7.91. The Bertz CT molecular complexity index is 1230. The summed E-state index contributed by atoms with van der Waals surface area (Å²) in [5.41, 5.74) is 7.06. The van der Waals surface area contributed by atoms with E-state index in [-0.39, 0.29) is 0 Å². The summed E-state index contributed by atoms with van der Waals surface area (Å²) < 4.78 is 20.5. The van der Waals surface area contributed by atoms with E-state index in [9.17, 15) is 4.21 Å². The van der Waals surface area contributed by atoms with E-state index in [1.54, 1.807) is 31.3 Å². The van der Waals surface area contributed by atoms with Crippen molar-refractivity contribution in [2.24, 2.45) is 4.36 Å². The maximum absolute atomic E-state index is 13.3. The van der Waals surface area contributed by atoms with Gasteiger partial charge in [0.2, 0.25) is 0 Å². The van der Waals surface area contributed by atoms with Crippen molar-refractivity contribution < 1.29 is 4.21 Å². The summed E-state index contributed by atoms with van der Waals surface area (Å²) in [7, 11) is -1.17. The lowest BCUT2D eigenvalue weighted by atomic mass is 9.93. The zero-order chi connectivity index (χ0) is 21.7. The van der Waals surface area contributed by atoms with Crippen molar-refractivity contribution in [1.29, 1.82) is 5.26 Å². The van der Waals surface area contributed by atoms with E-state index in [1.165, 1.54) is 27.8 Å². The molecule has 0 spiro atoms. The summed E-state index contributed by atoms with van der Waals surface area (Å²) in [5.74, 6) is 0. The van der Waals surface area contributed by atoms with Crippen LogP contribution in [-0.2, 0) is 22.8 Å². The molecule has 1 aliphatic carbocycles. The fourth-order valence-corrected chi connectivity index (χ4v) is 5.42. The molecule has 1 N–H and O–H groups in total. The van der Waals surface area contributed by atoms with Gasteiger partial charge in [-0.1, -0.05) is 54.6 Å². The highest BCUT2D eigenvalue weighted by Gasteiger charge is 2.17. The lowest BCUT2D eigenvalue weighted by molar-refractivity contribution is 0.664. The van der Waals surface area contributed by atoms with Crippen LogP contribution >= 0.6 is 0 Å². The minimum absolute atomic E-state index is 0.532. The first-order valence-electron chi connectivity index (χ1n) is 10.4. The van der Waals surface area contributed by atoms with Gasteiger partial charge < -0.3 is 0 Å². The third kappa shape index (κ3) is 4.46. The van der Waals surface area contributed by atoms with Crippen molar-refractivity contribution >= 4 is 15.5 Å². The van der Waals surface area contributed by atoms with Crippen molar-refractivity contribution in [3.8, 4) is 6.07 Å². The molecule has 3 aromatic carbocycles. The van der Waals surface area contributed by atoms with E-state index >= 15 is 0 Å². The van der Waals surface area contributed by atoms with Gasteiger partial charge in [0.15, 0.2) is 0 Å². The molecule has 1 unspecified atom stereocenters. The van der Waals surface area contributed by atoms with Crippen LogP contribution < -0.4 is 4.72 Å². The van der Waals surface area contributed by atoms with Gasteiger partial charge in [0.25, 0.3) is 0 Å². The summed E-state index contributed by atoms with van der Waals surface area (Å²) in [6.07, 6.45) is 5.03. The molecule has 0 saturated heterocycles. The summed E-state index contributed by atoms with van der Waals surface area (Å²) in [6.45, 7) is 0.532. The minimum Gasteiger partial charge on any atom is -0.229 e. The fourth-order valence-electron chi connectivity index (χ4n) is 4.02. The Morgan fingerprint density at radius 2 is 1.55 bits per heavy atom. The molecule has 4 rings (SSSR count). The van der Waals surface area contributed by atoms with Crippen LogP contribution in [0.1, 0.15) is 34.2 Å². The number of nitriles is 1. The van der Waals surface area contributed by atoms with Gasteiger partial charge in [0, 0.05) is 13.6 Å². The lowest BCUT2D eigenvalue weighted by Gasteiger charge is -2.13. The molecular weight excluding hydrogens is 402 g/mol. The van der Waals surface area contributed by atoms with Crippen LogP contribution in [0.25, 0.3) is 5.57 Å². The van der Waals surface area contributed by atoms with Crippen molar-refractivity contribution in [2.75, 3.05) is 13.6 Å². The second kappa shape index (κ2) is 9.30. The Morgan fingerprint density at radius 3 is 2.10 bits per heavy atom. The smallest absolute Gasteiger partial charge is 0.137 e. The molecular formula is C26H25N3OS. The topological polar surface area (TPSA) is 65.2 Å². The molecule has 0 amide bonds. The third-order valence-corrected chi connectivity index (χ3v) is 7.65. The summed E-state index contributed by atoms with van der Waals surface area (Å²) in [6, 6.07) is 26.0. The van der Waals surface area contributed by atoms with Gasteiger partial charge in [-0.15, -0.1) is 0 Å². The molecule has 156 valence electrons. The van der Waals surface area contributed by atoms with Crippen molar-refractivity contribution in [2.45, 2.75) is 24.2 Å². The standard InChI is InChI=1S/C26H25N3OS/c1-28-31(30,23-16-12-20(19-27)13-17-23)29-18-6-11-26-24-9-4-2-7-21(24)14-15-22-8-3-5-10-25(22)26/h2-5,7-13,16-17H,6,14-15,18H2,1H3,(H,28,29,30). The average Bonchev–Trinajstić information content (AvgIpc) is 2.99. The number of nitrogens with one attached hydrogen (secondary N) is 1. The monoisotopic (exact) mass is 427 g/mol. The summed E-state index contributed by atoms with van der Waals surface area (Å²) >= 11 is 0. The Hall–Kier alpha value is -3.20. The largest absolute Gasteiger partial charge is 0.229 e. The van der Waals surface area contributed by atoms with Gasteiger partial charge in [0.1, 0.15) is 9.92 Å². The Morgan fingerprint density at radius 1 is 0.968 bits per heavy atom. The first-order chi connectivity index (χ1) is 15.1. The van der Waals surface area contributed by atoms with Crippen molar-refractivity contribution in [1.82, 2.24) is 4.72 Å². The molecule has 0 heterocycles. The number of benzene rings is 3. The van der Waals surface area contributed by atoms with E-state index < -0.39 is 9.92 Å². The Labute approximate surface area is 184 Å². The van der Waals surface area contributed by atoms with Crippen LogP contribution in [0.2, 0.25) is 0 Å². The van der Waals surface area contributed by atoms with Crippen LogP contribution in [0.15, 0.2) is 88.1 Å². The zero-order valence-corrected chi connectivity index (χ0v) is 18.4. The molecule has 0 saturated carbocycles. The summed E-state index contributed by atoms with van der Waals surface area (Å²) in [5, 5.41) is 8.98. The second-order valence-corrected chi connectivity index (χ2v) is 9.64. The lowest BCUT2D eigenvalue weighted by Crippen LogP contribution is -2.24. The average molecular weight is 428 g/mol. The fraction of sp³-hybridized carbons (Fsp3) is 0.192. The van der Waals surface area contributed by atoms with Crippen LogP contribution in [0.5, 0.6) is 0 Å². The van der Waals surface area contributed by atoms with E-state index in [0.717, 1.165) is 19.3 Å².